The molecule has 0 bridgehead atoms. The second-order valence-corrected chi connectivity index (χ2v) is 4.22. The van der Waals surface area contributed by atoms with Crippen molar-refractivity contribution in [3.05, 3.63) is 30.2 Å². The zero-order chi connectivity index (χ0) is 11.4. The van der Waals surface area contributed by atoms with Gasteiger partial charge in [0.15, 0.2) is 0 Å². The van der Waals surface area contributed by atoms with Crippen LogP contribution in [0.4, 0.5) is 5.82 Å². The minimum absolute atomic E-state index is 0.624. The van der Waals surface area contributed by atoms with Crippen LogP contribution in [0.5, 0.6) is 0 Å². The van der Waals surface area contributed by atoms with Gasteiger partial charge in [0.1, 0.15) is 17.1 Å². The number of aryl methyl sites for hydroxylation is 1. The molecule has 0 radical (unpaired) electrons. The normalized spacial score (nSPS) is 10.4. The lowest BCUT2D eigenvalue weighted by Crippen LogP contribution is -1.98. The highest BCUT2D eigenvalue weighted by Crippen LogP contribution is 2.25. The molecule has 0 fully saturated rings. The van der Waals surface area contributed by atoms with Gasteiger partial charge in [0.2, 0.25) is 0 Å². The molecule has 2 rings (SSSR count). The van der Waals surface area contributed by atoms with E-state index in [0.29, 0.717) is 5.22 Å². The largest absolute Gasteiger partial charge is 0.439 e. The van der Waals surface area contributed by atoms with E-state index in [2.05, 4.69) is 15.3 Å². The molecule has 0 amide bonds. The Hall–Kier alpha value is -1.49. The van der Waals surface area contributed by atoms with E-state index in [9.17, 15) is 0 Å². The number of hydrogen-bond donors (Lipinski definition) is 1. The van der Waals surface area contributed by atoms with Gasteiger partial charge in [-0.3, -0.25) is 0 Å². The molecule has 84 valence electrons. The fourth-order valence-electron chi connectivity index (χ4n) is 1.22. The standard InChI is InChI=1S/C11H13N3OS/c1-3-12-9-5-4-6-10(14-9)16-11-13-8(2)7-15-11/h4-7H,3H2,1-2H3,(H,12,14). The van der Waals surface area contributed by atoms with Crippen molar-refractivity contribution in [1.29, 1.82) is 0 Å². The molecule has 0 saturated carbocycles. The van der Waals surface area contributed by atoms with E-state index in [1.807, 2.05) is 32.0 Å². The molecule has 4 nitrogen and oxygen atoms in total. The van der Waals surface area contributed by atoms with Crippen molar-refractivity contribution < 1.29 is 4.42 Å². The Morgan fingerprint density at radius 1 is 1.38 bits per heavy atom. The SMILES string of the molecule is CCNc1cccc(Sc2nc(C)co2)n1. The smallest absolute Gasteiger partial charge is 0.262 e. The molecular weight excluding hydrogens is 222 g/mol. The zero-order valence-electron chi connectivity index (χ0n) is 9.23. The quantitative estimate of drug-likeness (QED) is 0.883. The minimum Gasteiger partial charge on any atom is -0.439 e. The van der Waals surface area contributed by atoms with E-state index in [-0.39, 0.29) is 0 Å². The highest BCUT2D eigenvalue weighted by Gasteiger charge is 2.05. The summed E-state index contributed by atoms with van der Waals surface area (Å²) >= 11 is 1.42. The van der Waals surface area contributed by atoms with Gasteiger partial charge in [0.25, 0.3) is 5.22 Å². The van der Waals surface area contributed by atoms with Crippen molar-refractivity contribution in [2.24, 2.45) is 0 Å². The Bertz CT molecular complexity index is 470. The number of aromatic nitrogens is 2. The molecule has 0 unspecified atom stereocenters. The summed E-state index contributed by atoms with van der Waals surface area (Å²) in [5, 5.41) is 4.66. The second kappa shape index (κ2) is 5.03. The molecule has 1 N–H and O–H groups in total. The van der Waals surface area contributed by atoms with Gasteiger partial charge in [-0.2, -0.15) is 0 Å². The van der Waals surface area contributed by atoms with Crippen molar-refractivity contribution in [2.75, 3.05) is 11.9 Å². The van der Waals surface area contributed by atoms with E-state index in [1.54, 1.807) is 6.26 Å². The van der Waals surface area contributed by atoms with Crippen molar-refractivity contribution in [3.63, 3.8) is 0 Å². The molecule has 0 aliphatic rings. The van der Waals surface area contributed by atoms with E-state index in [1.165, 1.54) is 11.8 Å². The number of nitrogens with one attached hydrogen (secondary N) is 1. The molecule has 5 heteroatoms. The van der Waals surface area contributed by atoms with E-state index in [0.717, 1.165) is 23.1 Å². The van der Waals surface area contributed by atoms with Crippen LogP contribution in [0.3, 0.4) is 0 Å². The third kappa shape index (κ3) is 2.76. The van der Waals surface area contributed by atoms with Crippen molar-refractivity contribution in [3.8, 4) is 0 Å². The fraction of sp³-hybridized carbons (Fsp3) is 0.273. The predicted octanol–water partition coefficient (Wildman–Crippen LogP) is 2.96. The summed E-state index contributed by atoms with van der Waals surface area (Å²) < 4.78 is 5.26. The van der Waals surface area contributed by atoms with Crippen LogP contribution < -0.4 is 5.32 Å². The summed E-state index contributed by atoms with van der Waals surface area (Å²) in [6, 6.07) is 5.84. The highest BCUT2D eigenvalue weighted by atomic mass is 32.2. The Morgan fingerprint density at radius 3 is 2.94 bits per heavy atom. The maximum Gasteiger partial charge on any atom is 0.262 e. The van der Waals surface area contributed by atoms with Gasteiger partial charge in [-0.05, 0) is 37.7 Å². The molecule has 2 aromatic rings. The average molecular weight is 235 g/mol. The first kappa shape index (κ1) is 11.0. The minimum atomic E-state index is 0.624. The zero-order valence-corrected chi connectivity index (χ0v) is 10.0. The molecule has 0 aromatic carbocycles. The second-order valence-electron chi connectivity index (χ2n) is 3.25. The number of oxazole rings is 1. The van der Waals surface area contributed by atoms with Crippen LogP contribution in [-0.2, 0) is 0 Å². The maximum atomic E-state index is 5.26. The summed E-state index contributed by atoms with van der Waals surface area (Å²) in [5.41, 5.74) is 0.880. The summed E-state index contributed by atoms with van der Waals surface area (Å²) in [6.07, 6.45) is 1.64. The van der Waals surface area contributed by atoms with Crippen LogP contribution in [0.25, 0.3) is 0 Å². The first-order valence-corrected chi connectivity index (χ1v) is 5.90. The summed E-state index contributed by atoms with van der Waals surface area (Å²) in [6.45, 7) is 4.80. The van der Waals surface area contributed by atoms with Gasteiger partial charge in [0, 0.05) is 6.54 Å². The monoisotopic (exact) mass is 235 g/mol. The third-order valence-corrected chi connectivity index (χ3v) is 2.67. The molecule has 2 aromatic heterocycles. The lowest BCUT2D eigenvalue weighted by molar-refractivity contribution is 0.454. The van der Waals surface area contributed by atoms with Crippen molar-refractivity contribution >= 4 is 17.6 Å². The van der Waals surface area contributed by atoms with Gasteiger partial charge >= 0.3 is 0 Å². The van der Waals surface area contributed by atoms with Crippen LogP contribution >= 0.6 is 11.8 Å². The Morgan fingerprint density at radius 2 is 2.25 bits per heavy atom. The number of rotatable bonds is 4. The fourth-order valence-corrected chi connectivity index (χ4v) is 1.98. The van der Waals surface area contributed by atoms with Crippen LogP contribution in [-0.4, -0.2) is 16.5 Å². The summed E-state index contributed by atoms with van der Waals surface area (Å²) in [4.78, 5) is 8.64. The van der Waals surface area contributed by atoms with Crippen LogP contribution in [0.15, 0.2) is 39.1 Å². The Kier molecular flexibility index (Phi) is 3.46. The predicted molar refractivity (Wildman–Crippen MR) is 63.8 cm³/mol. The van der Waals surface area contributed by atoms with Gasteiger partial charge in [0.05, 0.1) is 5.69 Å². The summed E-state index contributed by atoms with van der Waals surface area (Å²) in [5.74, 6) is 0.871. The number of hydrogen-bond acceptors (Lipinski definition) is 5. The van der Waals surface area contributed by atoms with Crippen molar-refractivity contribution in [2.45, 2.75) is 24.1 Å². The van der Waals surface area contributed by atoms with Crippen molar-refractivity contribution in [1.82, 2.24) is 9.97 Å². The van der Waals surface area contributed by atoms with Crippen LogP contribution in [0.2, 0.25) is 0 Å². The molecule has 0 atom stereocenters. The lowest BCUT2D eigenvalue weighted by Gasteiger charge is -2.02. The van der Waals surface area contributed by atoms with Gasteiger partial charge in [-0.1, -0.05) is 6.07 Å². The average Bonchev–Trinajstić information content (AvgIpc) is 2.65. The Labute approximate surface area is 98.5 Å². The third-order valence-electron chi connectivity index (χ3n) is 1.87. The molecule has 0 spiro atoms. The number of nitrogens with zero attached hydrogens (tertiary/aromatic N) is 2. The lowest BCUT2D eigenvalue weighted by atomic mass is 10.4. The maximum absolute atomic E-state index is 5.26. The molecule has 2 heterocycles. The molecule has 0 aliphatic carbocycles. The number of anilines is 1. The first-order chi connectivity index (χ1) is 7.78. The van der Waals surface area contributed by atoms with Crippen LogP contribution in [0, 0.1) is 6.92 Å². The Balaban J connectivity index is 2.12. The highest BCUT2D eigenvalue weighted by molar-refractivity contribution is 7.99. The number of pyridine rings is 1. The van der Waals surface area contributed by atoms with E-state index < -0.39 is 0 Å². The van der Waals surface area contributed by atoms with E-state index >= 15 is 0 Å². The van der Waals surface area contributed by atoms with Gasteiger partial charge < -0.3 is 9.73 Å². The molecule has 16 heavy (non-hydrogen) atoms. The summed E-state index contributed by atoms with van der Waals surface area (Å²) in [7, 11) is 0. The van der Waals surface area contributed by atoms with E-state index in [4.69, 9.17) is 4.42 Å². The van der Waals surface area contributed by atoms with Gasteiger partial charge in [-0.25, -0.2) is 9.97 Å². The molecule has 0 aliphatic heterocycles. The molecule has 0 saturated heterocycles. The van der Waals surface area contributed by atoms with Gasteiger partial charge in [-0.15, -0.1) is 0 Å². The molecular formula is C11H13N3OS. The topological polar surface area (TPSA) is 51.0 Å². The first-order valence-electron chi connectivity index (χ1n) is 5.09. The van der Waals surface area contributed by atoms with Crippen LogP contribution in [0.1, 0.15) is 12.6 Å².